The fraction of sp³-hybridized carbons (Fsp3) is 0.308. The third kappa shape index (κ3) is 1.36. The van der Waals surface area contributed by atoms with E-state index in [4.69, 9.17) is 0 Å². The summed E-state index contributed by atoms with van der Waals surface area (Å²) >= 11 is 0. The van der Waals surface area contributed by atoms with Gasteiger partial charge in [0.15, 0.2) is 6.20 Å². The zero-order valence-electron chi connectivity index (χ0n) is 9.27. The zero-order valence-corrected chi connectivity index (χ0v) is 9.27. The average molecular weight is 196 g/mol. The lowest BCUT2D eigenvalue weighted by Gasteiger charge is -2.08. The summed E-state index contributed by atoms with van der Waals surface area (Å²) in [5, 5.41) is 0. The summed E-state index contributed by atoms with van der Waals surface area (Å²) in [6.45, 7) is 2.98. The smallest absolute Gasteiger partial charge is 0.214 e. The lowest BCUT2D eigenvalue weighted by atomic mass is 9.58. The van der Waals surface area contributed by atoms with Crippen LogP contribution in [-0.4, -0.2) is 23.9 Å². The highest BCUT2D eigenvalue weighted by molar-refractivity contribution is 7.01. The van der Waals surface area contributed by atoms with Gasteiger partial charge in [0.05, 0.1) is 0 Å². The van der Waals surface area contributed by atoms with E-state index in [0.29, 0.717) is 0 Å². The van der Waals surface area contributed by atoms with Crippen LogP contribution < -0.4 is 0 Å². The zero-order chi connectivity index (χ0) is 10.4. The maximum absolute atomic E-state index is 2.34. The van der Waals surface area contributed by atoms with Gasteiger partial charge in [-0.25, -0.2) is 4.58 Å². The summed E-state index contributed by atoms with van der Waals surface area (Å²) < 4.78 is 2.29. The molecular weight excluding hydrogens is 181 g/mol. The van der Waals surface area contributed by atoms with Crippen LogP contribution >= 0.6 is 0 Å². The molecule has 1 aromatic carbocycles. The van der Waals surface area contributed by atoms with Crippen LogP contribution in [0.3, 0.4) is 0 Å². The lowest BCUT2D eigenvalue weighted by Crippen LogP contribution is -2.26. The molecule has 2 heterocycles. The molecule has 0 bridgehead atoms. The SMILES string of the molecule is Cc1ccccc1C1=[N+](C)C=CC2CB12. The molecule has 0 aliphatic carbocycles. The van der Waals surface area contributed by atoms with E-state index in [-0.39, 0.29) is 0 Å². The molecule has 1 nitrogen and oxygen atoms in total. The average Bonchev–Trinajstić information content (AvgIpc) is 2.99. The van der Waals surface area contributed by atoms with E-state index < -0.39 is 0 Å². The Balaban J connectivity index is 2.14. The maximum Gasteiger partial charge on any atom is 0.268 e. The molecular formula is C13H15BN+. The van der Waals surface area contributed by atoms with Crippen LogP contribution in [0.4, 0.5) is 0 Å². The third-order valence-corrected chi connectivity index (χ3v) is 3.55. The molecule has 1 fully saturated rings. The summed E-state index contributed by atoms with van der Waals surface area (Å²) in [7, 11) is 2.16. The molecule has 1 unspecified atom stereocenters. The lowest BCUT2D eigenvalue weighted by molar-refractivity contribution is -0.419. The van der Waals surface area contributed by atoms with Crippen LogP contribution in [-0.2, 0) is 0 Å². The Kier molecular flexibility index (Phi) is 1.85. The van der Waals surface area contributed by atoms with Crippen molar-refractivity contribution in [3.63, 3.8) is 0 Å². The molecule has 2 heteroatoms. The Hall–Kier alpha value is -1.31. The Morgan fingerprint density at radius 1 is 1.33 bits per heavy atom. The van der Waals surface area contributed by atoms with Gasteiger partial charge < -0.3 is 0 Å². The van der Waals surface area contributed by atoms with Gasteiger partial charge >= 0.3 is 0 Å². The first-order chi connectivity index (χ1) is 7.27. The number of hydrogen-bond donors (Lipinski definition) is 0. The summed E-state index contributed by atoms with van der Waals surface area (Å²) in [5.41, 5.74) is 4.33. The second-order valence-corrected chi connectivity index (χ2v) is 4.66. The van der Waals surface area contributed by atoms with Crippen LogP contribution in [0.1, 0.15) is 11.1 Å². The van der Waals surface area contributed by atoms with Crippen molar-refractivity contribution in [1.82, 2.24) is 0 Å². The van der Waals surface area contributed by atoms with Crippen molar-refractivity contribution >= 4 is 12.3 Å². The number of hydrogen-bond acceptors (Lipinski definition) is 0. The van der Waals surface area contributed by atoms with Crippen LogP contribution in [0.5, 0.6) is 0 Å². The van der Waals surface area contributed by atoms with Gasteiger partial charge in [-0.05, 0) is 30.4 Å². The van der Waals surface area contributed by atoms with Crippen LogP contribution in [0, 0.1) is 6.92 Å². The van der Waals surface area contributed by atoms with E-state index in [1.165, 1.54) is 23.1 Å². The Morgan fingerprint density at radius 2 is 2.13 bits per heavy atom. The molecule has 3 rings (SSSR count). The van der Waals surface area contributed by atoms with Crippen LogP contribution in [0.15, 0.2) is 36.5 Å². The molecule has 1 aromatic rings. The predicted octanol–water partition coefficient (Wildman–Crippen LogP) is 2.37. The summed E-state index contributed by atoms with van der Waals surface area (Å²) in [5.74, 6) is 0.816. The van der Waals surface area contributed by atoms with Gasteiger partial charge in [0.2, 0.25) is 0 Å². The first-order valence-corrected chi connectivity index (χ1v) is 5.61. The molecule has 1 saturated heterocycles. The fourth-order valence-electron chi connectivity index (χ4n) is 2.57. The monoisotopic (exact) mass is 196 g/mol. The van der Waals surface area contributed by atoms with E-state index >= 15 is 0 Å². The highest BCUT2D eigenvalue weighted by Crippen LogP contribution is 2.42. The normalized spacial score (nSPS) is 23.1. The summed E-state index contributed by atoms with van der Waals surface area (Å²) in [6, 6.07) is 8.70. The molecule has 2 aliphatic rings. The van der Waals surface area contributed by atoms with Gasteiger partial charge in [-0.15, -0.1) is 0 Å². The largest absolute Gasteiger partial charge is 0.268 e. The number of rotatable bonds is 1. The van der Waals surface area contributed by atoms with Crippen molar-refractivity contribution in [2.75, 3.05) is 7.05 Å². The summed E-state index contributed by atoms with van der Waals surface area (Å²) in [4.78, 5) is 0. The van der Waals surface area contributed by atoms with E-state index in [9.17, 15) is 0 Å². The number of allylic oxidation sites excluding steroid dienone is 1. The van der Waals surface area contributed by atoms with Gasteiger partial charge in [0, 0.05) is 5.56 Å². The van der Waals surface area contributed by atoms with Crippen LogP contribution in [0.25, 0.3) is 0 Å². The molecule has 0 amide bonds. The van der Waals surface area contributed by atoms with Crippen LogP contribution in [0.2, 0.25) is 12.1 Å². The van der Waals surface area contributed by atoms with Gasteiger partial charge in [-0.2, -0.15) is 0 Å². The molecule has 0 aromatic heterocycles. The quantitative estimate of drug-likeness (QED) is 0.479. The minimum Gasteiger partial charge on any atom is -0.214 e. The number of benzene rings is 1. The van der Waals surface area contributed by atoms with E-state index in [2.05, 4.69) is 55.1 Å². The van der Waals surface area contributed by atoms with Crippen molar-refractivity contribution in [1.29, 1.82) is 0 Å². The minimum absolute atomic E-state index is 0.779. The van der Waals surface area contributed by atoms with Crippen molar-refractivity contribution in [3.8, 4) is 0 Å². The van der Waals surface area contributed by atoms with E-state index in [0.717, 1.165) is 12.5 Å². The Bertz CT molecular complexity index is 473. The number of nitrogens with zero attached hydrogens (tertiary/aromatic N) is 1. The molecule has 0 saturated carbocycles. The Labute approximate surface area is 91.2 Å². The second kappa shape index (κ2) is 3.09. The first kappa shape index (κ1) is 8.96. The van der Waals surface area contributed by atoms with Gasteiger partial charge in [-0.3, -0.25) is 0 Å². The molecule has 2 aliphatic heterocycles. The molecule has 1 atom stereocenters. The molecule has 0 N–H and O–H groups in total. The topological polar surface area (TPSA) is 3.01 Å². The van der Waals surface area contributed by atoms with Crippen molar-refractivity contribution in [2.45, 2.75) is 19.1 Å². The number of fused-ring (bicyclic) bond motifs is 1. The van der Waals surface area contributed by atoms with Crippen molar-refractivity contribution in [3.05, 3.63) is 47.7 Å². The highest BCUT2D eigenvalue weighted by Gasteiger charge is 2.51. The van der Waals surface area contributed by atoms with Crippen molar-refractivity contribution < 1.29 is 4.58 Å². The van der Waals surface area contributed by atoms with Gasteiger partial charge in [0.1, 0.15) is 12.7 Å². The standard InChI is InChI=1S/C13H15BN/c1-10-5-3-4-6-12(10)13-14-9-11(14)7-8-15(13)2/h3-8,11H,9H2,1-2H3/q+1. The van der Waals surface area contributed by atoms with E-state index in [1.54, 1.807) is 0 Å². The van der Waals surface area contributed by atoms with Crippen molar-refractivity contribution in [2.24, 2.45) is 0 Å². The molecule has 15 heavy (non-hydrogen) atoms. The fourth-order valence-corrected chi connectivity index (χ4v) is 2.57. The Morgan fingerprint density at radius 3 is 2.93 bits per heavy atom. The van der Waals surface area contributed by atoms with E-state index in [1.807, 2.05) is 0 Å². The minimum atomic E-state index is 0.779. The van der Waals surface area contributed by atoms with Gasteiger partial charge in [-0.1, -0.05) is 24.5 Å². The maximum atomic E-state index is 2.34. The molecule has 0 spiro atoms. The molecule has 74 valence electrons. The predicted molar refractivity (Wildman–Crippen MR) is 64.9 cm³/mol. The second-order valence-electron chi connectivity index (χ2n) is 4.66. The van der Waals surface area contributed by atoms with Gasteiger partial charge in [0.25, 0.3) is 6.71 Å². The summed E-state index contributed by atoms with van der Waals surface area (Å²) in [6.07, 6.45) is 5.90. The molecule has 0 radical (unpaired) electrons. The third-order valence-electron chi connectivity index (χ3n) is 3.55. The number of aryl methyl sites for hydroxylation is 1. The highest BCUT2D eigenvalue weighted by atomic mass is 15.0. The first-order valence-electron chi connectivity index (χ1n) is 5.61.